The molecule has 8 rings (SSSR count). The van der Waals surface area contributed by atoms with Crippen LogP contribution >= 0.6 is 11.6 Å². The lowest BCUT2D eigenvalue weighted by Crippen LogP contribution is -2.29. The van der Waals surface area contributed by atoms with Crippen LogP contribution in [-0.4, -0.2) is 41.4 Å². The summed E-state index contributed by atoms with van der Waals surface area (Å²) in [7, 11) is 0. The molecule has 0 radical (unpaired) electrons. The molecular weight excluding hydrogens is 684 g/mol. The van der Waals surface area contributed by atoms with Crippen LogP contribution in [0.25, 0.3) is 27.7 Å². The molecule has 5 aromatic carbocycles. The van der Waals surface area contributed by atoms with Crippen molar-refractivity contribution in [1.29, 1.82) is 0 Å². The molecule has 2 amide bonds. The third-order valence-corrected chi connectivity index (χ3v) is 9.40. The van der Waals surface area contributed by atoms with E-state index >= 15 is 0 Å². The molecule has 1 unspecified atom stereocenters. The zero-order valence-corrected chi connectivity index (χ0v) is 29.6. The Morgan fingerprint density at radius 3 is 2.30 bits per heavy atom. The van der Waals surface area contributed by atoms with Crippen LogP contribution in [0.4, 0.5) is 5.69 Å². The van der Waals surface area contributed by atoms with Crippen LogP contribution in [0, 0.1) is 13.8 Å². The van der Waals surface area contributed by atoms with Crippen LogP contribution in [0.1, 0.15) is 54.8 Å². The molecular formula is C42H33ClN8O2. The largest absolute Gasteiger partial charge is 0.341 e. The Hall–Kier alpha value is -6.65. The maximum Gasteiger partial charge on any atom is 0.261 e. The summed E-state index contributed by atoms with van der Waals surface area (Å²) in [5, 5.41) is 22.0. The fourth-order valence-electron chi connectivity index (χ4n) is 6.43. The number of aromatic nitrogens is 6. The Morgan fingerprint density at radius 1 is 0.792 bits per heavy atom. The predicted molar refractivity (Wildman–Crippen MR) is 206 cm³/mol. The van der Waals surface area contributed by atoms with Gasteiger partial charge in [-0.25, -0.2) is 14.2 Å². The van der Waals surface area contributed by atoms with Crippen molar-refractivity contribution in [3.05, 3.63) is 178 Å². The van der Waals surface area contributed by atoms with E-state index in [9.17, 15) is 9.59 Å². The third-order valence-electron chi connectivity index (χ3n) is 9.15. The van der Waals surface area contributed by atoms with Gasteiger partial charge in [0.2, 0.25) is 0 Å². The van der Waals surface area contributed by atoms with E-state index in [-0.39, 0.29) is 17.9 Å². The molecule has 0 bridgehead atoms. The molecule has 0 saturated heterocycles. The van der Waals surface area contributed by atoms with E-state index in [1.807, 2.05) is 117 Å². The van der Waals surface area contributed by atoms with Gasteiger partial charge in [0.1, 0.15) is 11.3 Å². The lowest BCUT2D eigenvalue weighted by Gasteiger charge is -2.21. The molecule has 260 valence electrons. The number of nitrogens with one attached hydrogen (secondary N) is 2. The minimum absolute atomic E-state index is 0.187. The highest BCUT2D eigenvalue weighted by atomic mass is 35.5. The number of amides is 2. The molecule has 10 nitrogen and oxygen atoms in total. The Labute approximate surface area is 310 Å². The fourth-order valence-corrected chi connectivity index (χ4v) is 6.55. The minimum Gasteiger partial charge on any atom is -0.341 e. The van der Waals surface area contributed by atoms with Crippen molar-refractivity contribution in [2.24, 2.45) is 0 Å². The number of fused-ring (bicyclic) bond motifs is 2. The molecule has 0 saturated carbocycles. The van der Waals surface area contributed by atoms with Crippen molar-refractivity contribution >= 4 is 45.5 Å². The third kappa shape index (κ3) is 7.13. The molecule has 0 aliphatic carbocycles. The van der Waals surface area contributed by atoms with E-state index in [1.165, 1.54) is 6.20 Å². The maximum atomic E-state index is 13.6. The molecule has 53 heavy (non-hydrogen) atoms. The molecule has 1 atom stereocenters. The van der Waals surface area contributed by atoms with Gasteiger partial charge in [-0.2, -0.15) is 5.10 Å². The molecule has 0 fully saturated rings. The number of rotatable bonds is 9. The molecule has 0 aliphatic rings. The minimum atomic E-state index is -0.369. The highest BCUT2D eigenvalue weighted by molar-refractivity contribution is 6.30. The zero-order valence-electron chi connectivity index (χ0n) is 28.9. The second-order valence-electron chi connectivity index (χ2n) is 12.9. The Kier molecular flexibility index (Phi) is 8.95. The van der Waals surface area contributed by atoms with Gasteiger partial charge in [0, 0.05) is 33.2 Å². The van der Waals surface area contributed by atoms with Gasteiger partial charge in [-0.3, -0.25) is 9.59 Å². The number of carbonyl (C=O) groups is 2. The first-order valence-corrected chi connectivity index (χ1v) is 17.4. The zero-order chi connectivity index (χ0) is 36.5. The second-order valence-corrected chi connectivity index (χ2v) is 13.4. The lowest BCUT2D eigenvalue weighted by molar-refractivity contribution is 0.0942. The highest BCUT2D eigenvalue weighted by Crippen LogP contribution is 2.28. The average Bonchev–Trinajstić information content (AvgIpc) is 3.82. The number of hydrogen-bond acceptors (Lipinski definition) is 6. The summed E-state index contributed by atoms with van der Waals surface area (Å²) in [5.74, 6) is -0.473. The van der Waals surface area contributed by atoms with Gasteiger partial charge in [0.15, 0.2) is 5.65 Å². The molecule has 0 spiro atoms. The topological polar surface area (TPSA) is 119 Å². The van der Waals surface area contributed by atoms with Gasteiger partial charge in [0.05, 0.1) is 25.0 Å². The van der Waals surface area contributed by atoms with Gasteiger partial charge in [-0.1, -0.05) is 89.6 Å². The van der Waals surface area contributed by atoms with E-state index in [2.05, 4.69) is 55.3 Å². The monoisotopic (exact) mass is 716 g/mol. The molecule has 3 heterocycles. The van der Waals surface area contributed by atoms with Crippen molar-refractivity contribution in [3.63, 3.8) is 0 Å². The van der Waals surface area contributed by atoms with Crippen molar-refractivity contribution in [3.8, 4) is 11.3 Å². The van der Waals surface area contributed by atoms with Gasteiger partial charge in [0.25, 0.3) is 11.8 Å². The molecule has 2 N–H and O–H groups in total. The Balaban J connectivity index is 0.923. The van der Waals surface area contributed by atoms with Crippen LogP contribution in [0.2, 0.25) is 5.02 Å². The first kappa shape index (κ1) is 33.5. The Bertz CT molecular complexity index is 2610. The summed E-state index contributed by atoms with van der Waals surface area (Å²) in [4.78, 5) is 31.1. The van der Waals surface area contributed by atoms with Crippen LogP contribution in [-0.2, 0) is 6.54 Å². The number of anilines is 1. The second kappa shape index (κ2) is 14.2. The van der Waals surface area contributed by atoms with Crippen molar-refractivity contribution in [2.75, 3.05) is 5.32 Å². The fraction of sp³-hybridized carbons (Fsp3) is 0.0952. The van der Waals surface area contributed by atoms with Crippen molar-refractivity contribution in [2.45, 2.75) is 26.4 Å². The predicted octanol–water partition coefficient (Wildman–Crippen LogP) is 8.23. The van der Waals surface area contributed by atoms with Gasteiger partial charge < -0.3 is 10.6 Å². The van der Waals surface area contributed by atoms with Crippen molar-refractivity contribution < 1.29 is 9.59 Å². The van der Waals surface area contributed by atoms with Gasteiger partial charge in [-0.05, 0) is 89.8 Å². The lowest BCUT2D eigenvalue weighted by atomic mass is 9.95. The van der Waals surface area contributed by atoms with E-state index in [4.69, 9.17) is 11.6 Å². The first-order chi connectivity index (χ1) is 25.8. The highest BCUT2D eigenvalue weighted by Gasteiger charge is 2.19. The molecule has 8 aromatic rings. The standard InChI is InChI=1S/C42H33ClN8O2/c1-26-21-27(2)51-40(45-26)37(23-44-51)42(53)46-36-19-15-30(16-20-36)38-25-50(49-48-38)24-28-7-9-32(10-8-28)41(52)47-39(31-13-17-35(43)18-14-31)34-12-11-29-5-3-4-6-33(29)22-34/h3-23,25,39H,24H2,1-2H3,(H,46,53)(H,47,52). The van der Waals surface area contributed by atoms with Gasteiger partial charge in [-0.15, -0.1) is 5.10 Å². The summed E-state index contributed by atoms with van der Waals surface area (Å²) in [6.45, 7) is 4.29. The summed E-state index contributed by atoms with van der Waals surface area (Å²) >= 11 is 6.19. The average molecular weight is 717 g/mol. The summed E-state index contributed by atoms with van der Waals surface area (Å²) in [6, 6.07) is 38.4. The Morgan fingerprint density at radius 2 is 1.53 bits per heavy atom. The maximum absolute atomic E-state index is 13.6. The van der Waals surface area contributed by atoms with E-state index in [0.717, 1.165) is 44.4 Å². The number of benzene rings is 5. The van der Waals surface area contributed by atoms with E-state index in [0.29, 0.717) is 39.7 Å². The number of hydrogen-bond donors (Lipinski definition) is 2. The van der Waals surface area contributed by atoms with Crippen LogP contribution in [0.15, 0.2) is 134 Å². The number of nitrogens with zero attached hydrogens (tertiary/aromatic N) is 6. The van der Waals surface area contributed by atoms with Crippen LogP contribution in [0.3, 0.4) is 0 Å². The number of halogens is 1. The smallest absolute Gasteiger partial charge is 0.261 e. The normalized spacial score (nSPS) is 11.8. The van der Waals surface area contributed by atoms with E-state index in [1.54, 1.807) is 9.20 Å². The summed E-state index contributed by atoms with van der Waals surface area (Å²) in [5.41, 5.74) is 8.24. The molecule has 0 aliphatic heterocycles. The molecule has 11 heteroatoms. The number of carbonyl (C=O) groups excluding carboxylic acids is 2. The summed E-state index contributed by atoms with van der Waals surface area (Å²) < 4.78 is 3.41. The van der Waals surface area contributed by atoms with Crippen LogP contribution < -0.4 is 10.6 Å². The molecule has 3 aromatic heterocycles. The van der Waals surface area contributed by atoms with Crippen LogP contribution in [0.5, 0.6) is 0 Å². The number of aryl methyl sites for hydroxylation is 2. The summed E-state index contributed by atoms with van der Waals surface area (Å²) in [6.07, 6.45) is 3.40. The quantitative estimate of drug-likeness (QED) is 0.155. The SMILES string of the molecule is Cc1cc(C)n2ncc(C(=O)Nc3ccc(-c4cn(Cc5ccc(C(=O)NC(c6ccc(Cl)cc6)c6ccc7ccccc7c6)cc5)nn4)cc3)c2n1. The van der Waals surface area contributed by atoms with E-state index < -0.39 is 0 Å². The first-order valence-electron chi connectivity index (χ1n) is 17.1. The van der Waals surface area contributed by atoms with Gasteiger partial charge >= 0.3 is 0 Å². The van der Waals surface area contributed by atoms with Crippen molar-refractivity contribution in [1.82, 2.24) is 34.9 Å².